The maximum Gasteiger partial charge on any atom is 0.223 e. The topological polar surface area (TPSA) is 97.7 Å². The number of rotatable bonds is 12. The summed E-state index contributed by atoms with van der Waals surface area (Å²) in [5.41, 5.74) is 9.96. The number of aliphatic imine (C=N–C) groups is 1. The smallest absolute Gasteiger partial charge is 0.223 e. The molecule has 0 aliphatic carbocycles. The Balaban J connectivity index is 1.60. The van der Waals surface area contributed by atoms with Gasteiger partial charge in [0.2, 0.25) is 11.9 Å². The summed E-state index contributed by atoms with van der Waals surface area (Å²) in [6.07, 6.45) is 9.14. The molecule has 2 aromatic rings. The molecule has 7 nitrogen and oxygen atoms in total. The number of aryl methyl sites for hydroxylation is 1. The van der Waals surface area contributed by atoms with Crippen molar-refractivity contribution in [1.82, 2.24) is 10.2 Å². The third kappa shape index (κ3) is 9.47. The minimum atomic E-state index is 0.0168. The number of amides is 1. The second kappa shape index (κ2) is 14.5. The average molecular weight is 461 g/mol. The lowest BCUT2D eigenvalue weighted by Crippen LogP contribution is -2.33. The lowest BCUT2D eigenvalue weighted by molar-refractivity contribution is -0.120. The van der Waals surface area contributed by atoms with Gasteiger partial charge < -0.3 is 16.0 Å². The van der Waals surface area contributed by atoms with Gasteiger partial charge in [-0.25, -0.2) is 4.90 Å². The molecule has 0 fully saturated rings. The van der Waals surface area contributed by atoms with E-state index in [9.17, 15) is 10.1 Å². The third-order valence-electron chi connectivity index (χ3n) is 5.51. The number of unbranched alkanes of at least 4 members (excludes halogenated alkanes) is 1. The van der Waals surface area contributed by atoms with Crippen LogP contribution >= 0.6 is 0 Å². The van der Waals surface area contributed by atoms with Crippen LogP contribution in [0.1, 0.15) is 36.0 Å². The van der Waals surface area contributed by atoms with E-state index in [1.165, 1.54) is 23.1 Å². The second-order valence-electron chi connectivity index (χ2n) is 8.31. The van der Waals surface area contributed by atoms with Crippen LogP contribution in [0.15, 0.2) is 59.6 Å². The van der Waals surface area contributed by atoms with Crippen molar-refractivity contribution in [2.75, 3.05) is 38.6 Å². The molecule has 180 valence electrons. The first kappa shape index (κ1) is 26.6. The number of carbonyl (C=O) groups is 1. The van der Waals surface area contributed by atoms with Crippen LogP contribution in [0.25, 0.3) is 6.08 Å². The fourth-order valence-corrected chi connectivity index (χ4v) is 3.37. The summed E-state index contributed by atoms with van der Waals surface area (Å²) in [4.78, 5) is 19.5. The van der Waals surface area contributed by atoms with Crippen LogP contribution in [0, 0.1) is 18.4 Å². The predicted molar refractivity (Wildman–Crippen MR) is 140 cm³/mol. The van der Waals surface area contributed by atoms with E-state index >= 15 is 0 Å². The number of hydrogen-bond acceptors (Lipinski definition) is 4. The van der Waals surface area contributed by atoms with E-state index in [0.29, 0.717) is 18.7 Å². The minimum Gasteiger partial charge on any atom is -0.369 e. The molecule has 0 aliphatic heterocycles. The van der Waals surface area contributed by atoms with Crippen LogP contribution in [0.3, 0.4) is 0 Å². The summed E-state index contributed by atoms with van der Waals surface area (Å²) in [5, 5.41) is 12.2. The van der Waals surface area contributed by atoms with Crippen molar-refractivity contribution in [3.8, 4) is 6.19 Å². The van der Waals surface area contributed by atoms with E-state index in [1.54, 1.807) is 12.1 Å². The van der Waals surface area contributed by atoms with Gasteiger partial charge in [0.05, 0.1) is 5.69 Å². The Labute approximate surface area is 203 Å². The second-order valence-corrected chi connectivity index (χ2v) is 8.31. The van der Waals surface area contributed by atoms with Gasteiger partial charge in [0.15, 0.2) is 6.19 Å². The van der Waals surface area contributed by atoms with Gasteiger partial charge in [0.25, 0.3) is 0 Å². The number of carbonyl (C=O) groups excluding carboxylic acids is 1. The van der Waals surface area contributed by atoms with E-state index in [-0.39, 0.29) is 11.9 Å². The molecule has 7 heteroatoms. The molecular formula is C27H36N6O. The summed E-state index contributed by atoms with van der Waals surface area (Å²) in [6.45, 7) is 4.86. The highest BCUT2D eigenvalue weighted by Crippen LogP contribution is 2.15. The minimum absolute atomic E-state index is 0.0168. The Morgan fingerprint density at radius 3 is 2.47 bits per heavy atom. The predicted octanol–water partition coefficient (Wildman–Crippen LogP) is 3.70. The number of nitrogens with two attached hydrogens (primary N) is 1. The fraction of sp³-hybridized carbons (Fsp3) is 0.370. The van der Waals surface area contributed by atoms with Crippen molar-refractivity contribution in [1.29, 1.82) is 5.26 Å². The van der Waals surface area contributed by atoms with E-state index < -0.39 is 0 Å². The van der Waals surface area contributed by atoms with Gasteiger partial charge in [-0.3, -0.25) is 9.79 Å². The molecule has 0 saturated heterocycles. The molecule has 0 bridgehead atoms. The Hall–Kier alpha value is -3.63. The first-order valence-corrected chi connectivity index (χ1v) is 11.6. The van der Waals surface area contributed by atoms with Gasteiger partial charge in [-0.15, -0.1) is 0 Å². The number of nitrogens with zero attached hydrogens (tertiary/aromatic N) is 4. The highest BCUT2D eigenvalue weighted by Gasteiger charge is 2.08. The molecule has 0 heterocycles. The molecule has 34 heavy (non-hydrogen) atoms. The van der Waals surface area contributed by atoms with Gasteiger partial charge in [-0.05, 0) is 63.0 Å². The van der Waals surface area contributed by atoms with E-state index in [1.807, 2.05) is 30.5 Å². The molecule has 0 unspecified atom stereocenters. The van der Waals surface area contributed by atoms with Crippen LogP contribution in [-0.2, 0) is 11.2 Å². The van der Waals surface area contributed by atoms with Gasteiger partial charge in [0.1, 0.15) is 0 Å². The van der Waals surface area contributed by atoms with Crippen molar-refractivity contribution in [3.63, 3.8) is 0 Å². The number of nitriles is 1. The highest BCUT2D eigenvalue weighted by atomic mass is 16.1. The SMILES string of the molecule is CN=C(N)N(C#N)c1ccc(/C=C/CC(=O)NCCCCN(C)CCc2ccc(C)cc2)cc1. The highest BCUT2D eigenvalue weighted by molar-refractivity contribution is 5.97. The van der Waals surface area contributed by atoms with Crippen molar-refractivity contribution in [3.05, 3.63) is 71.3 Å². The van der Waals surface area contributed by atoms with Gasteiger partial charge in [0, 0.05) is 26.6 Å². The van der Waals surface area contributed by atoms with Crippen molar-refractivity contribution >= 4 is 23.6 Å². The summed E-state index contributed by atoms with van der Waals surface area (Å²) in [5.74, 6) is 0.152. The van der Waals surface area contributed by atoms with Crippen LogP contribution in [0.5, 0.6) is 0 Å². The number of hydrogen-bond donors (Lipinski definition) is 2. The number of benzene rings is 2. The molecule has 0 radical (unpaired) electrons. The number of guanidine groups is 1. The van der Waals surface area contributed by atoms with Crippen LogP contribution in [-0.4, -0.2) is 50.5 Å². The van der Waals surface area contributed by atoms with E-state index in [0.717, 1.165) is 37.9 Å². The van der Waals surface area contributed by atoms with E-state index in [2.05, 4.69) is 53.4 Å². The maximum atomic E-state index is 12.1. The third-order valence-corrected chi connectivity index (χ3v) is 5.51. The number of nitrogens with one attached hydrogen (secondary N) is 1. The Bertz CT molecular complexity index is 989. The monoisotopic (exact) mass is 460 g/mol. The molecule has 3 N–H and O–H groups in total. The van der Waals surface area contributed by atoms with Crippen molar-refractivity contribution in [2.45, 2.75) is 32.6 Å². The summed E-state index contributed by atoms with van der Waals surface area (Å²) in [6, 6.07) is 16.0. The number of likely N-dealkylation sites (N-methyl/N-ethyl adjacent to an activating group) is 1. The zero-order valence-corrected chi connectivity index (χ0v) is 20.5. The van der Waals surface area contributed by atoms with Crippen molar-refractivity contribution < 1.29 is 4.79 Å². The molecule has 1 amide bonds. The lowest BCUT2D eigenvalue weighted by Gasteiger charge is -2.16. The first-order chi connectivity index (χ1) is 16.4. The quantitative estimate of drug-likeness (QED) is 0.165. The fourth-order valence-electron chi connectivity index (χ4n) is 3.37. The largest absolute Gasteiger partial charge is 0.369 e. The zero-order valence-electron chi connectivity index (χ0n) is 20.5. The molecule has 2 aromatic carbocycles. The van der Waals surface area contributed by atoms with Crippen molar-refractivity contribution in [2.24, 2.45) is 10.7 Å². The first-order valence-electron chi connectivity index (χ1n) is 11.6. The molecule has 0 saturated carbocycles. The standard InChI is InChI=1S/C27H36N6O/c1-22-9-11-24(12-10-22)17-20-32(3)19-5-4-18-31-26(34)8-6-7-23-13-15-25(16-14-23)33(21-28)27(29)30-2/h6-7,9-16H,4-5,8,17-20H2,1-3H3,(H2,29,30)(H,31,34)/b7-6+. The molecule has 0 aliphatic rings. The Kier molecular flexibility index (Phi) is 11.4. The molecule has 0 aromatic heterocycles. The zero-order chi connectivity index (χ0) is 24.8. The normalized spacial score (nSPS) is 11.6. The molecule has 0 spiro atoms. The van der Waals surface area contributed by atoms with Gasteiger partial charge in [-0.1, -0.05) is 54.1 Å². The average Bonchev–Trinajstić information content (AvgIpc) is 2.84. The number of anilines is 1. The van der Waals surface area contributed by atoms with E-state index in [4.69, 9.17) is 5.73 Å². The lowest BCUT2D eigenvalue weighted by atomic mass is 10.1. The van der Waals surface area contributed by atoms with Crippen LogP contribution in [0.2, 0.25) is 0 Å². The molecule has 0 atom stereocenters. The van der Waals surface area contributed by atoms with Gasteiger partial charge >= 0.3 is 0 Å². The summed E-state index contributed by atoms with van der Waals surface area (Å²) < 4.78 is 0. The Morgan fingerprint density at radius 2 is 1.82 bits per heavy atom. The molecule has 2 rings (SSSR count). The summed E-state index contributed by atoms with van der Waals surface area (Å²) >= 11 is 0. The molecular weight excluding hydrogens is 424 g/mol. The summed E-state index contributed by atoms with van der Waals surface area (Å²) in [7, 11) is 3.68. The Morgan fingerprint density at radius 1 is 1.12 bits per heavy atom. The van der Waals surface area contributed by atoms with Crippen LogP contribution < -0.4 is 16.0 Å². The van der Waals surface area contributed by atoms with Crippen LogP contribution in [0.4, 0.5) is 5.69 Å². The van der Waals surface area contributed by atoms with Gasteiger partial charge in [-0.2, -0.15) is 5.26 Å². The maximum absolute atomic E-state index is 12.1.